The summed E-state index contributed by atoms with van der Waals surface area (Å²) < 4.78 is 0. The fourth-order valence-corrected chi connectivity index (χ4v) is 0.525. The molecule has 0 aromatic heterocycles. The van der Waals surface area contributed by atoms with Gasteiger partial charge in [0.15, 0.2) is 0 Å². The van der Waals surface area contributed by atoms with Gasteiger partial charge in [-0.25, -0.2) is 4.99 Å². The van der Waals surface area contributed by atoms with Gasteiger partial charge in [-0.3, -0.25) is 0 Å². The third kappa shape index (κ3) is 5.11. The topological polar surface area (TPSA) is 38.4 Å². The number of rotatable bonds is 2. The molecule has 0 aliphatic carbocycles. The summed E-state index contributed by atoms with van der Waals surface area (Å²) >= 11 is 5.50. The van der Waals surface area contributed by atoms with Crippen molar-refractivity contribution in [1.29, 1.82) is 0 Å². The van der Waals surface area contributed by atoms with Gasteiger partial charge in [-0.05, 0) is 13.0 Å². The van der Waals surface area contributed by atoms with Gasteiger partial charge >= 0.3 is 0 Å². The molecule has 0 fully saturated rings. The fraction of sp³-hybridized carbons (Fsp3) is 0.167. The Morgan fingerprint density at radius 2 is 2.33 bits per heavy atom. The molecule has 0 aromatic rings. The summed E-state index contributed by atoms with van der Waals surface area (Å²) in [6.45, 7) is 5.10. The molecule has 0 amide bonds. The molecule has 0 aromatic carbocycles. The van der Waals surface area contributed by atoms with Crippen molar-refractivity contribution in [2.75, 3.05) is 0 Å². The number of hydrogen-bond acceptors (Lipinski definition) is 1. The van der Waals surface area contributed by atoms with E-state index in [1.54, 1.807) is 19.1 Å². The Hall–Kier alpha value is -0.760. The number of amidine groups is 1. The lowest BCUT2D eigenvalue weighted by molar-refractivity contribution is 1.43. The van der Waals surface area contributed by atoms with Crippen LogP contribution in [0.4, 0.5) is 0 Å². The van der Waals surface area contributed by atoms with E-state index in [0.717, 1.165) is 0 Å². The van der Waals surface area contributed by atoms with Crippen molar-refractivity contribution in [3.63, 3.8) is 0 Å². The maximum Gasteiger partial charge on any atom is 0.131 e. The van der Waals surface area contributed by atoms with E-state index < -0.39 is 0 Å². The SMILES string of the molecule is C=C/C=C(/Cl)N=C(C)N. The van der Waals surface area contributed by atoms with Crippen molar-refractivity contribution in [3.05, 3.63) is 23.9 Å². The van der Waals surface area contributed by atoms with E-state index in [9.17, 15) is 0 Å². The first-order valence-electron chi connectivity index (χ1n) is 2.46. The lowest BCUT2D eigenvalue weighted by Gasteiger charge is -1.87. The molecule has 0 unspecified atom stereocenters. The normalized spacial score (nSPS) is 13.6. The van der Waals surface area contributed by atoms with Crippen LogP contribution in [0, 0.1) is 0 Å². The van der Waals surface area contributed by atoms with Gasteiger partial charge in [-0.1, -0.05) is 24.3 Å². The molecule has 2 nitrogen and oxygen atoms in total. The summed E-state index contributed by atoms with van der Waals surface area (Å²) in [5, 5.41) is 0.352. The molecule has 3 heteroatoms. The van der Waals surface area contributed by atoms with Gasteiger partial charge in [-0.2, -0.15) is 0 Å². The maximum absolute atomic E-state index is 5.50. The Balaban J connectivity index is 4.05. The van der Waals surface area contributed by atoms with Gasteiger partial charge in [0.2, 0.25) is 0 Å². The summed E-state index contributed by atoms with van der Waals surface area (Å²) in [5.74, 6) is 0.443. The van der Waals surface area contributed by atoms with Crippen LogP contribution in [0.25, 0.3) is 0 Å². The Kier molecular flexibility index (Phi) is 3.80. The van der Waals surface area contributed by atoms with Gasteiger partial charge in [-0.15, -0.1) is 0 Å². The highest BCUT2D eigenvalue weighted by molar-refractivity contribution is 6.30. The van der Waals surface area contributed by atoms with Crippen LogP contribution in [0.2, 0.25) is 0 Å². The lowest BCUT2D eigenvalue weighted by atomic mass is 10.6. The van der Waals surface area contributed by atoms with Crippen molar-refractivity contribution in [2.45, 2.75) is 6.92 Å². The van der Waals surface area contributed by atoms with Crippen LogP contribution >= 0.6 is 11.6 Å². The van der Waals surface area contributed by atoms with E-state index in [1.807, 2.05) is 0 Å². The zero-order valence-electron chi connectivity index (χ0n) is 5.26. The minimum Gasteiger partial charge on any atom is -0.387 e. The molecule has 0 saturated heterocycles. The molecule has 0 aliphatic heterocycles. The molecule has 9 heavy (non-hydrogen) atoms. The van der Waals surface area contributed by atoms with Crippen LogP contribution in [0.5, 0.6) is 0 Å². The van der Waals surface area contributed by atoms with Crippen LogP contribution in [0.1, 0.15) is 6.92 Å². The van der Waals surface area contributed by atoms with Gasteiger partial charge < -0.3 is 5.73 Å². The summed E-state index contributed by atoms with van der Waals surface area (Å²) in [5.41, 5.74) is 5.21. The molecule has 0 heterocycles. The van der Waals surface area contributed by atoms with E-state index in [1.165, 1.54) is 0 Å². The number of hydrogen-bond donors (Lipinski definition) is 1. The highest BCUT2D eigenvalue weighted by Crippen LogP contribution is 2.01. The summed E-state index contributed by atoms with van der Waals surface area (Å²) in [4.78, 5) is 3.72. The first kappa shape index (κ1) is 8.24. The van der Waals surface area contributed by atoms with Gasteiger partial charge in [0.25, 0.3) is 0 Å². The first-order chi connectivity index (χ1) is 4.16. The van der Waals surface area contributed by atoms with Gasteiger partial charge in [0.05, 0.1) is 5.84 Å². The van der Waals surface area contributed by atoms with E-state index >= 15 is 0 Å². The molecule has 0 bridgehead atoms. The van der Waals surface area contributed by atoms with E-state index in [0.29, 0.717) is 11.0 Å². The molecule has 0 atom stereocenters. The second-order valence-corrected chi connectivity index (χ2v) is 1.87. The maximum atomic E-state index is 5.50. The minimum atomic E-state index is 0.352. The molecule has 0 rings (SSSR count). The minimum absolute atomic E-state index is 0.352. The molecule has 0 saturated carbocycles. The summed E-state index contributed by atoms with van der Waals surface area (Å²) in [6.07, 6.45) is 3.12. The zero-order chi connectivity index (χ0) is 7.28. The second-order valence-electron chi connectivity index (χ2n) is 1.48. The highest BCUT2D eigenvalue weighted by Gasteiger charge is 1.82. The van der Waals surface area contributed by atoms with Gasteiger partial charge in [0, 0.05) is 0 Å². The van der Waals surface area contributed by atoms with Crippen LogP contribution < -0.4 is 5.73 Å². The van der Waals surface area contributed by atoms with E-state index in [-0.39, 0.29) is 0 Å². The average Bonchev–Trinajstić information content (AvgIpc) is 1.63. The Labute approximate surface area is 59.7 Å². The Bertz CT molecular complexity index is 154. The number of nitrogens with zero attached hydrogens (tertiary/aromatic N) is 1. The molecule has 0 aliphatic rings. The van der Waals surface area contributed by atoms with Crippen LogP contribution in [-0.2, 0) is 0 Å². The van der Waals surface area contributed by atoms with Crippen molar-refractivity contribution in [3.8, 4) is 0 Å². The third-order valence-electron chi connectivity index (χ3n) is 0.539. The molecule has 2 N–H and O–H groups in total. The van der Waals surface area contributed by atoms with Crippen molar-refractivity contribution in [2.24, 2.45) is 10.7 Å². The molecule has 0 radical (unpaired) electrons. The predicted molar refractivity (Wildman–Crippen MR) is 41.4 cm³/mol. The van der Waals surface area contributed by atoms with Crippen molar-refractivity contribution >= 4 is 17.4 Å². The van der Waals surface area contributed by atoms with Crippen LogP contribution in [0.15, 0.2) is 28.9 Å². The standard InChI is InChI=1S/C6H9ClN2/c1-3-4-6(7)9-5(2)8/h3-4H,1H2,2H3,(H2,8,9)/b6-4-. The largest absolute Gasteiger partial charge is 0.387 e. The zero-order valence-corrected chi connectivity index (χ0v) is 6.02. The quantitative estimate of drug-likeness (QED) is 0.272. The first-order valence-corrected chi connectivity index (χ1v) is 2.83. The van der Waals surface area contributed by atoms with Crippen LogP contribution in [0.3, 0.4) is 0 Å². The van der Waals surface area contributed by atoms with Crippen molar-refractivity contribution in [1.82, 2.24) is 0 Å². The number of allylic oxidation sites excluding steroid dienone is 2. The molecule has 50 valence electrons. The van der Waals surface area contributed by atoms with E-state index in [4.69, 9.17) is 17.3 Å². The van der Waals surface area contributed by atoms with Crippen molar-refractivity contribution < 1.29 is 0 Å². The number of halogens is 1. The second kappa shape index (κ2) is 4.15. The van der Waals surface area contributed by atoms with Crippen LogP contribution in [-0.4, -0.2) is 5.84 Å². The van der Waals surface area contributed by atoms with E-state index in [2.05, 4.69) is 11.6 Å². The molecular formula is C6H9ClN2. The molecular weight excluding hydrogens is 136 g/mol. The Morgan fingerprint density at radius 3 is 2.67 bits per heavy atom. The van der Waals surface area contributed by atoms with Gasteiger partial charge in [0.1, 0.15) is 5.16 Å². The highest BCUT2D eigenvalue weighted by atomic mass is 35.5. The number of aliphatic imine (C=N–C) groups is 1. The average molecular weight is 145 g/mol. The smallest absolute Gasteiger partial charge is 0.131 e. The number of nitrogens with two attached hydrogens (primary N) is 1. The lowest BCUT2D eigenvalue weighted by Crippen LogP contribution is -2.04. The fourth-order valence-electron chi connectivity index (χ4n) is 0.303. The third-order valence-corrected chi connectivity index (χ3v) is 0.749. The predicted octanol–water partition coefficient (Wildman–Crippen LogP) is 1.63. The molecule has 0 spiro atoms. The summed E-state index contributed by atoms with van der Waals surface area (Å²) in [6, 6.07) is 0. The summed E-state index contributed by atoms with van der Waals surface area (Å²) in [7, 11) is 0. The Morgan fingerprint density at radius 1 is 1.78 bits per heavy atom. The monoisotopic (exact) mass is 144 g/mol.